The molecule has 1 saturated heterocycles. The zero-order valence-electron chi connectivity index (χ0n) is 11.7. The highest BCUT2D eigenvalue weighted by Gasteiger charge is 2.27. The average molecular weight is 318 g/mol. The van der Waals surface area contributed by atoms with Crippen LogP contribution in [0.1, 0.15) is 18.9 Å². The number of benzene rings is 1. The summed E-state index contributed by atoms with van der Waals surface area (Å²) in [5, 5.41) is 11.4. The Labute approximate surface area is 130 Å². The first kappa shape index (κ1) is 16.1. The van der Waals surface area contributed by atoms with E-state index in [1.54, 1.807) is 6.07 Å². The molecule has 0 bridgehead atoms. The molecular weight excluding hydrogens is 297 g/mol. The highest BCUT2D eigenvalue weighted by atomic mass is 35.5. The Balaban J connectivity index is 1.97. The first-order chi connectivity index (χ1) is 9.61. The molecule has 3 nitrogen and oxygen atoms in total. The third kappa shape index (κ3) is 4.09. The maximum atomic E-state index is 10.4. The van der Waals surface area contributed by atoms with E-state index in [1.807, 2.05) is 12.1 Å². The summed E-state index contributed by atoms with van der Waals surface area (Å²) in [6.07, 6.45) is 0.850. The molecule has 0 spiro atoms. The Morgan fingerprint density at radius 2 is 2.25 bits per heavy atom. The first-order valence-corrected chi connectivity index (χ1v) is 7.82. The van der Waals surface area contributed by atoms with Gasteiger partial charge < -0.3 is 9.84 Å². The number of morpholine rings is 1. The average Bonchev–Trinajstić information content (AvgIpc) is 2.44. The number of hydrogen-bond acceptors (Lipinski definition) is 3. The van der Waals surface area contributed by atoms with Crippen LogP contribution in [-0.2, 0) is 11.2 Å². The van der Waals surface area contributed by atoms with Crippen molar-refractivity contribution in [3.8, 4) is 0 Å². The Hall–Kier alpha value is -0.320. The van der Waals surface area contributed by atoms with Crippen molar-refractivity contribution in [1.29, 1.82) is 0 Å². The van der Waals surface area contributed by atoms with Crippen LogP contribution in [0.5, 0.6) is 0 Å². The molecular formula is C15H21Cl2NO2. The lowest BCUT2D eigenvalue weighted by atomic mass is 10.0. The minimum Gasteiger partial charge on any atom is -0.390 e. The number of halogens is 2. The summed E-state index contributed by atoms with van der Waals surface area (Å²) in [6.45, 7) is 5.59. The molecule has 1 aromatic rings. The van der Waals surface area contributed by atoms with Gasteiger partial charge in [0.2, 0.25) is 0 Å². The van der Waals surface area contributed by atoms with E-state index >= 15 is 0 Å². The molecule has 1 N–H and O–H groups in total. The van der Waals surface area contributed by atoms with Crippen molar-refractivity contribution in [3.05, 3.63) is 33.8 Å². The fourth-order valence-electron chi connectivity index (χ4n) is 2.55. The molecule has 2 unspecified atom stereocenters. The van der Waals surface area contributed by atoms with Crippen molar-refractivity contribution < 1.29 is 9.84 Å². The van der Waals surface area contributed by atoms with Crippen LogP contribution < -0.4 is 0 Å². The Kier molecular flexibility index (Phi) is 6.12. The molecule has 1 aliphatic heterocycles. The van der Waals surface area contributed by atoms with Gasteiger partial charge in [-0.1, -0.05) is 42.3 Å². The van der Waals surface area contributed by atoms with Gasteiger partial charge in [-0.15, -0.1) is 0 Å². The molecule has 112 valence electrons. The van der Waals surface area contributed by atoms with Gasteiger partial charge in [0, 0.05) is 19.5 Å². The first-order valence-electron chi connectivity index (χ1n) is 7.06. The van der Waals surface area contributed by atoms with E-state index in [9.17, 15) is 5.11 Å². The zero-order valence-corrected chi connectivity index (χ0v) is 13.2. The highest BCUT2D eigenvalue weighted by Crippen LogP contribution is 2.27. The normalized spacial score (nSPS) is 21.9. The van der Waals surface area contributed by atoms with Crippen molar-refractivity contribution in [2.45, 2.75) is 32.0 Å². The molecule has 5 heteroatoms. The third-order valence-electron chi connectivity index (χ3n) is 3.61. The molecule has 20 heavy (non-hydrogen) atoms. The lowest BCUT2D eigenvalue weighted by Crippen LogP contribution is -2.48. The minimum absolute atomic E-state index is 0.162. The van der Waals surface area contributed by atoms with Crippen molar-refractivity contribution in [1.82, 2.24) is 4.90 Å². The van der Waals surface area contributed by atoms with E-state index in [4.69, 9.17) is 27.9 Å². The fourth-order valence-corrected chi connectivity index (χ4v) is 2.94. The number of aliphatic hydroxyl groups excluding tert-OH is 1. The van der Waals surface area contributed by atoms with Crippen LogP contribution in [0.2, 0.25) is 10.0 Å². The zero-order chi connectivity index (χ0) is 14.5. The molecule has 1 aromatic carbocycles. The summed E-state index contributed by atoms with van der Waals surface area (Å²) in [7, 11) is 0. The third-order valence-corrected chi connectivity index (χ3v) is 4.47. The molecule has 2 rings (SSSR count). The molecule has 1 heterocycles. The van der Waals surface area contributed by atoms with E-state index in [2.05, 4.69) is 11.8 Å². The van der Waals surface area contributed by atoms with Crippen molar-refractivity contribution in [2.75, 3.05) is 26.2 Å². The van der Waals surface area contributed by atoms with Gasteiger partial charge in [-0.2, -0.15) is 0 Å². The maximum absolute atomic E-state index is 10.4. The lowest BCUT2D eigenvalue weighted by molar-refractivity contribution is -0.0877. The van der Waals surface area contributed by atoms with Gasteiger partial charge in [-0.25, -0.2) is 0 Å². The van der Waals surface area contributed by atoms with Gasteiger partial charge in [0.15, 0.2) is 0 Å². The van der Waals surface area contributed by atoms with Crippen LogP contribution >= 0.6 is 23.2 Å². The van der Waals surface area contributed by atoms with Crippen LogP contribution in [0.4, 0.5) is 0 Å². The van der Waals surface area contributed by atoms with E-state index in [1.165, 1.54) is 0 Å². The van der Waals surface area contributed by atoms with Gasteiger partial charge in [0.25, 0.3) is 0 Å². The van der Waals surface area contributed by atoms with E-state index < -0.39 is 6.10 Å². The largest absolute Gasteiger partial charge is 0.390 e. The van der Waals surface area contributed by atoms with Crippen LogP contribution in [0.3, 0.4) is 0 Å². The summed E-state index contributed by atoms with van der Waals surface area (Å²) >= 11 is 12.2. The quantitative estimate of drug-likeness (QED) is 0.906. The summed E-state index contributed by atoms with van der Waals surface area (Å²) < 4.78 is 5.69. The second-order valence-electron chi connectivity index (χ2n) is 5.19. The number of aliphatic hydroxyl groups is 1. The molecule has 0 amide bonds. The molecule has 0 radical (unpaired) electrons. The standard InChI is InChI=1S/C15H21Cl2NO2/c1-2-6-18-7-8-20-14(10-18)13(19)9-11-4-3-5-12(16)15(11)17/h3-5,13-14,19H,2,6-10H2,1H3. The molecule has 1 aliphatic rings. The monoisotopic (exact) mass is 317 g/mol. The predicted molar refractivity (Wildman–Crippen MR) is 82.6 cm³/mol. The number of ether oxygens (including phenoxy) is 1. The second kappa shape index (κ2) is 7.62. The number of nitrogens with zero attached hydrogens (tertiary/aromatic N) is 1. The molecule has 0 saturated carbocycles. The van der Waals surface area contributed by atoms with Crippen LogP contribution in [0.15, 0.2) is 18.2 Å². The summed E-state index contributed by atoms with van der Waals surface area (Å²) in [6, 6.07) is 5.49. The predicted octanol–water partition coefficient (Wildman–Crippen LogP) is 3.01. The van der Waals surface area contributed by atoms with Gasteiger partial charge in [0.1, 0.15) is 0 Å². The minimum atomic E-state index is -0.564. The lowest BCUT2D eigenvalue weighted by Gasteiger charge is -2.35. The maximum Gasteiger partial charge on any atom is 0.0964 e. The van der Waals surface area contributed by atoms with Gasteiger partial charge in [-0.3, -0.25) is 4.90 Å². The van der Waals surface area contributed by atoms with Gasteiger partial charge in [0.05, 0.1) is 28.9 Å². The molecule has 1 fully saturated rings. The number of rotatable bonds is 5. The Bertz CT molecular complexity index is 440. The van der Waals surface area contributed by atoms with Crippen molar-refractivity contribution in [2.24, 2.45) is 0 Å². The van der Waals surface area contributed by atoms with Gasteiger partial charge >= 0.3 is 0 Å². The summed E-state index contributed by atoms with van der Waals surface area (Å²) in [5.74, 6) is 0. The SMILES string of the molecule is CCCN1CCOC(C(O)Cc2cccc(Cl)c2Cl)C1. The van der Waals surface area contributed by atoms with E-state index in [-0.39, 0.29) is 6.10 Å². The van der Waals surface area contributed by atoms with Crippen LogP contribution in [-0.4, -0.2) is 48.5 Å². The topological polar surface area (TPSA) is 32.7 Å². The number of hydrogen-bond donors (Lipinski definition) is 1. The van der Waals surface area contributed by atoms with E-state index in [0.29, 0.717) is 23.1 Å². The van der Waals surface area contributed by atoms with Gasteiger partial charge in [-0.05, 0) is 24.6 Å². The summed E-state index contributed by atoms with van der Waals surface area (Å²) in [5.41, 5.74) is 0.864. The molecule has 0 aromatic heterocycles. The molecule has 2 atom stereocenters. The Morgan fingerprint density at radius 3 is 3.00 bits per heavy atom. The smallest absolute Gasteiger partial charge is 0.0964 e. The van der Waals surface area contributed by atoms with Crippen molar-refractivity contribution >= 4 is 23.2 Å². The highest BCUT2D eigenvalue weighted by molar-refractivity contribution is 6.42. The summed E-state index contributed by atoms with van der Waals surface area (Å²) in [4.78, 5) is 2.33. The molecule has 0 aliphatic carbocycles. The Morgan fingerprint density at radius 1 is 1.45 bits per heavy atom. The van der Waals surface area contributed by atoms with Crippen molar-refractivity contribution in [3.63, 3.8) is 0 Å². The van der Waals surface area contributed by atoms with Crippen LogP contribution in [0, 0.1) is 0 Å². The van der Waals surface area contributed by atoms with E-state index in [0.717, 1.165) is 31.6 Å². The second-order valence-corrected chi connectivity index (χ2v) is 5.98. The van der Waals surface area contributed by atoms with Crippen LogP contribution in [0.25, 0.3) is 0 Å². The fraction of sp³-hybridized carbons (Fsp3) is 0.600.